The van der Waals surface area contributed by atoms with Crippen LogP contribution in [0.25, 0.3) is 0 Å². The van der Waals surface area contributed by atoms with Gasteiger partial charge in [-0.1, -0.05) is 0 Å². The minimum atomic E-state index is -0.0622. The Morgan fingerprint density at radius 3 is 3.17 bits per heavy atom. The first kappa shape index (κ1) is 15.6. The van der Waals surface area contributed by atoms with Crippen molar-refractivity contribution < 1.29 is 9.47 Å². The van der Waals surface area contributed by atoms with Crippen LogP contribution in [0.15, 0.2) is 36.9 Å². The van der Waals surface area contributed by atoms with Gasteiger partial charge in [0.05, 0.1) is 24.6 Å². The SMILES string of the molecule is Cn1cc(CN2CCC[C@@]3(C[C@H](Oc4cccnc4)CO3)C2)cn1. The summed E-state index contributed by atoms with van der Waals surface area (Å²) < 4.78 is 14.1. The van der Waals surface area contributed by atoms with Crippen molar-refractivity contribution in [3.63, 3.8) is 0 Å². The maximum absolute atomic E-state index is 6.23. The zero-order valence-electron chi connectivity index (χ0n) is 14.1. The molecule has 24 heavy (non-hydrogen) atoms. The molecule has 0 unspecified atom stereocenters. The lowest BCUT2D eigenvalue weighted by Crippen LogP contribution is -2.47. The van der Waals surface area contributed by atoms with Crippen molar-refractivity contribution in [3.05, 3.63) is 42.5 Å². The molecule has 0 amide bonds. The molecule has 1 spiro atoms. The summed E-state index contributed by atoms with van der Waals surface area (Å²) in [6.45, 7) is 3.69. The number of likely N-dealkylation sites (tertiary alicyclic amines) is 1. The predicted molar refractivity (Wildman–Crippen MR) is 89.7 cm³/mol. The number of piperidine rings is 1. The van der Waals surface area contributed by atoms with Crippen molar-refractivity contribution in [1.82, 2.24) is 19.7 Å². The van der Waals surface area contributed by atoms with E-state index in [-0.39, 0.29) is 11.7 Å². The van der Waals surface area contributed by atoms with Gasteiger partial charge in [0, 0.05) is 44.5 Å². The topological polar surface area (TPSA) is 52.4 Å². The number of ether oxygens (including phenoxy) is 2. The first-order valence-electron chi connectivity index (χ1n) is 8.61. The number of aromatic nitrogens is 3. The molecule has 0 bridgehead atoms. The third-order valence-corrected chi connectivity index (χ3v) is 4.90. The molecule has 2 aromatic heterocycles. The molecule has 2 saturated heterocycles. The summed E-state index contributed by atoms with van der Waals surface area (Å²) in [6.07, 6.45) is 10.9. The third kappa shape index (κ3) is 3.44. The molecule has 4 rings (SSSR count). The minimum absolute atomic E-state index is 0.0622. The van der Waals surface area contributed by atoms with Crippen LogP contribution < -0.4 is 4.74 Å². The number of hydrogen-bond donors (Lipinski definition) is 0. The summed E-state index contributed by atoms with van der Waals surface area (Å²) in [5, 5.41) is 4.26. The second-order valence-corrected chi connectivity index (χ2v) is 6.96. The molecule has 2 aromatic rings. The Kier molecular flexibility index (Phi) is 4.24. The van der Waals surface area contributed by atoms with Gasteiger partial charge in [0.15, 0.2) is 0 Å². The highest BCUT2D eigenvalue weighted by Gasteiger charge is 2.44. The Morgan fingerprint density at radius 2 is 2.38 bits per heavy atom. The number of rotatable bonds is 4. The molecule has 4 heterocycles. The molecule has 6 heteroatoms. The lowest BCUT2D eigenvalue weighted by molar-refractivity contribution is -0.0538. The second kappa shape index (κ2) is 6.53. The van der Waals surface area contributed by atoms with E-state index < -0.39 is 0 Å². The maximum atomic E-state index is 6.23. The monoisotopic (exact) mass is 328 g/mol. The van der Waals surface area contributed by atoms with Gasteiger partial charge in [0.2, 0.25) is 0 Å². The van der Waals surface area contributed by atoms with Gasteiger partial charge in [-0.05, 0) is 31.5 Å². The Balaban J connectivity index is 1.36. The van der Waals surface area contributed by atoms with Gasteiger partial charge in [-0.25, -0.2) is 0 Å². The van der Waals surface area contributed by atoms with Crippen molar-refractivity contribution in [1.29, 1.82) is 0 Å². The maximum Gasteiger partial charge on any atom is 0.138 e. The minimum Gasteiger partial charge on any atom is -0.486 e. The Hall–Kier alpha value is -1.92. The zero-order valence-corrected chi connectivity index (χ0v) is 14.1. The van der Waals surface area contributed by atoms with Crippen molar-refractivity contribution in [2.24, 2.45) is 7.05 Å². The average Bonchev–Trinajstić information content (AvgIpc) is 3.15. The van der Waals surface area contributed by atoms with E-state index in [1.165, 1.54) is 12.0 Å². The van der Waals surface area contributed by atoms with Crippen LogP contribution in [0.3, 0.4) is 0 Å². The summed E-state index contributed by atoms with van der Waals surface area (Å²) in [6, 6.07) is 3.85. The van der Waals surface area contributed by atoms with E-state index in [9.17, 15) is 0 Å². The highest BCUT2D eigenvalue weighted by Crippen LogP contribution is 2.36. The van der Waals surface area contributed by atoms with E-state index in [0.29, 0.717) is 6.61 Å². The fraction of sp³-hybridized carbons (Fsp3) is 0.556. The van der Waals surface area contributed by atoms with Crippen LogP contribution in [0.2, 0.25) is 0 Å². The highest BCUT2D eigenvalue weighted by atomic mass is 16.6. The van der Waals surface area contributed by atoms with Crippen LogP contribution in [-0.4, -0.2) is 51.1 Å². The van der Waals surface area contributed by atoms with E-state index in [4.69, 9.17) is 9.47 Å². The number of pyridine rings is 1. The van der Waals surface area contributed by atoms with E-state index in [1.54, 1.807) is 12.4 Å². The van der Waals surface area contributed by atoms with Crippen LogP contribution in [0.5, 0.6) is 5.75 Å². The first-order valence-corrected chi connectivity index (χ1v) is 8.61. The average molecular weight is 328 g/mol. The molecule has 2 atom stereocenters. The lowest BCUT2D eigenvalue weighted by atomic mass is 9.89. The van der Waals surface area contributed by atoms with E-state index in [0.717, 1.165) is 38.2 Å². The summed E-state index contributed by atoms with van der Waals surface area (Å²) >= 11 is 0. The molecule has 0 radical (unpaired) electrons. The second-order valence-electron chi connectivity index (χ2n) is 6.96. The third-order valence-electron chi connectivity index (χ3n) is 4.90. The van der Waals surface area contributed by atoms with E-state index in [1.807, 2.05) is 30.1 Å². The largest absolute Gasteiger partial charge is 0.486 e. The van der Waals surface area contributed by atoms with Crippen molar-refractivity contribution >= 4 is 0 Å². The van der Waals surface area contributed by atoms with Crippen molar-refractivity contribution in [2.45, 2.75) is 37.5 Å². The fourth-order valence-corrected chi connectivity index (χ4v) is 3.91. The number of aryl methyl sites for hydroxylation is 1. The Bertz CT molecular complexity index is 675. The highest BCUT2D eigenvalue weighted by molar-refractivity contribution is 5.16. The normalized spacial score (nSPS) is 27.6. The number of nitrogens with zero attached hydrogens (tertiary/aromatic N) is 4. The molecule has 128 valence electrons. The lowest BCUT2D eigenvalue weighted by Gasteiger charge is -2.39. The molecule has 2 aliphatic heterocycles. The zero-order chi connectivity index (χ0) is 16.4. The Labute approximate surface area is 142 Å². The Morgan fingerprint density at radius 1 is 1.42 bits per heavy atom. The van der Waals surface area contributed by atoms with Crippen LogP contribution >= 0.6 is 0 Å². The van der Waals surface area contributed by atoms with Gasteiger partial charge in [-0.15, -0.1) is 0 Å². The fourth-order valence-electron chi connectivity index (χ4n) is 3.91. The summed E-state index contributed by atoms with van der Waals surface area (Å²) in [4.78, 5) is 6.59. The summed E-state index contributed by atoms with van der Waals surface area (Å²) in [5.74, 6) is 0.825. The quantitative estimate of drug-likeness (QED) is 0.859. The van der Waals surface area contributed by atoms with Gasteiger partial charge < -0.3 is 9.47 Å². The molecule has 0 aromatic carbocycles. The van der Waals surface area contributed by atoms with Crippen LogP contribution in [-0.2, 0) is 18.3 Å². The summed E-state index contributed by atoms with van der Waals surface area (Å²) in [7, 11) is 1.96. The van der Waals surface area contributed by atoms with Gasteiger partial charge in [-0.3, -0.25) is 14.6 Å². The smallest absolute Gasteiger partial charge is 0.138 e. The van der Waals surface area contributed by atoms with Crippen LogP contribution in [0.4, 0.5) is 0 Å². The van der Waals surface area contributed by atoms with Crippen molar-refractivity contribution in [3.8, 4) is 5.75 Å². The number of hydrogen-bond acceptors (Lipinski definition) is 5. The van der Waals surface area contributed by atoms with Gasteiger partial charge in [0.25, 0.3) is 0 Å². The van der Waals surface area contributed by atoms with Crippen LogP contribution in [0.1, 0.15) is 24.8 Å². The molecular formula is C18H24N4O2. The summed E-state index contributed by atoms with van der Waals surface area (Å²) in [5.41, 5.74) is 1.20. The molecule has 2 fully saturated rings. The van der Waals surface area contributed by atoms with Gasteiger partial charge in [0.1, 0.15) is 11.9 Å². The van der Waals surface area contributed by atoms with E-state index >= 15 is 0 Å². The van der Waals surface area contributed by atoms with Crippen LogP contribution in [0, 0.1) is 0 Å². The molecule has 2 aliphatic rings. The van der Waals surface area contributed by atoms with Gasteiger partial charge >= 0.3 is 0 Å². The first-order chi connectivity index (χ1) is 11.7. The standard InChI is InChI=1S/C18H24N4O2/c1-21-11-15(9-20-21)12-22-7-3-5-18(14-22)8-17(13-23-18)24-16-4-2-6-19-10-16/h2,4,6,9-11,17H,3,5,7-8,12-14H2,1H3/t17-,18+/m0/s1. The molecule has 0 N–H and O–H groups in total. The van der Waals surface area contributed by atoms with E-state index in [2.05, 4.69) is 21.2 Å². The molecule has 0 aliphatic carbocycles. The van der Waals surface area contributed by atoms with Gasteiger partial charge in [-0.2, -0.15) is 5.10 Å². The molecule has 0 saturated carbocycles. The molecule has 6 nitrogen and oxygen atoms in total. The van der Waals surface area contributed by atoms with Crippen molar-refractivity contribution in [2.75, 3.05) is 19.7 Å². The predicted octanol–water partition coefficient (Wildman–Crippen LogP) is 2.02. The molecular weight excluding hydrogens is 304 g/mol.